The van der Waals surface area contributed by atoms with Gasteiger partial charge in [-0.15, -0.1) is 0 Å². The lowest BCUT2D eigenvalue weighted by Crippen LogP contribution is -2.51. The van der Waals surface area contributed by atoms with Crippen LogP contribution in [0, 0.1) is 29.6 Å². The van der Waals surface area contributed by atoms with E-state index in [9.17, 15) is 28.8 Å². The van der Waals surface area contributed by atoms with Crippen molar-refractivity contribution in [2.45, 2.75) is 52.4 Å². The monoisotopic (exact) mass is 930 g/mol. The quantitative estimate of drug-likeness (QED) is 0.0304. The molecule has 1 saturated heterocycles. The van der Waals surface area contributed by atoms with Crippen LogP contribution in [-0.4, -0.2) is 180 Å². The zero-order chi connectivity index (χ0) is 47.5. The predicted molar refractivity (Wildman–Crippen MR) is 245 cm³/mol. The lowest BCUT2D eigenvalue weighted by molar-refractivity contribution is -0.141. The molecule has 20 heteroatoms. The van der Waals surface area contributed by atoms with Gasteiger partial charge in [-0.1, -0.05) is 49.5 Å². The third-order valence-electron chi connectivity index (χ3n) is 11.5. The Kier molecular flexibility index (Phi) is 25.4. The number of amides is 6. The lowest BCUT2D eigenvalue weighted by Gasteiger charge is -2.21. The fourth-order valence-electron chi connectivity index (χ4n) is 8.01. The molecule has 5 unspecified atom stereocenters. The van der Waals surface area contributed by atoms with Gasteiger partial charge in [0.1, 0.15) is 13.9 Å². The van der Waals surface area contributed by atoms with E-state index in [-0.39, 0.29) is 91.7 Å². The molecule has 1 aliphatic heterocycles. The Hall–Kier alpha value is -4.28. The van der Waals surface area contributed by atoms with E-state index in [4.69, 9.17) is 37.9 Å². The number of ether oxygens (including phenoxy) is 8. The topological polar surface area (TPSA) is 228 Å². The van der Waals surface area contributed by atoms with Crippen LogP contribution >= 0.6 is 0 Å². The van der Waals surface area contributed by atoms with Crippen molar-refractivity contribution in [3.05, 3.63) is 41.5 Å². The molecular formula is C46H72BN5O14. The number of hydrogen-bond donors (Lipinski definition) is 4. The Labute approximate surface area is 389 Å². The summed E-state index contributed by atoms with van der Waals surface area (Å²) in [5.41, 5.74) is 3.01. The molecule has 3 aliphatic rings. The zero-order valence-corrected chi connectivity index (χ0v) is 39.3. The summed E-state index contributed by atoms with van der Waals surface area (Å²) in [6.07, 6.45) is 4.09. The molecule has 2 aliphatic carbocycles. The summed E-state index contributed by atoms with van der Waals surface area (Å²) < 4.78 is 44.0. The maximum Gasteiger partial charge on any atom is 0.243 e. The second-order valence-electron chi connectivity index (χ2n) is 16.7. The van der Waals surface area contributed by atoms with Crippen molar-refractivity contribution >= 4 is 49.0 Å². The molecule has 2 fully saturated rings. The first kappa shape index (κ1) is 54.3. The van der Waals surface area contributed by atoms with Crippen molar-refractivity contribution in [3.8, 4) is 0 Å². The van der Waals surface area contributed by atoms with Crippen LogP contribution in [0.25, 0.3) is 0 Å². The smallest absolute Gasteiger partial charge is 0.243 e. The first-order valence-corrected chi connectivity index (χ1v) is 23.4. The SMILES string of the molecule is BCc1ccc(NC(=O)CNC(=O)C(NC(=O)CCOCCOCCOCCOCCOCCOCCOCCOCCNC(=O)CCN2C(=O)C3C4C=C(C)C(C4)C3C2=O)C(C)C)cc1. The normalized spacial score (nSPS) is 19.0. The number of imide groups is 1. The number of carbonyl (C=O) groups excluding carboxylic acids is 6. The van der Waals surface area contributed by atoms with E-state index in [1.165, 1.54) is 10.5 Å². The number of fused-ring (bicyclic) bond motifs is 5. The van der Waals surface area contributed by atoms with Crippen molar-refractivity contribution in [1.29, 1.82) is 0 Å². The number of carbonyl (C=O) groups is 6. The van der Waals surface area contributed by atoms with E-state index in [1.807, 2.05) is 45.0 Å². The average molecular weight is 930 g/mol. The Morgan fingerprint density at radius 3 is 1.67 bits per heavy atom. The van der Waals surface area contributed by atoms with Crippen LogP contribution in [0.2, 0.25) is 0 Å². The second-order valence-corrected chi connectivity index (χ2v) is 16.7. The van der Waals surface area contributed by atoms with E-state index >= 15 is 0 Å². The van der Waals surface area contributed by atoms with Gasteiger partial charge in [0, 0.05) is 31.6 Å². The van der Waals surface area contributed by atoms with Gasteiger partial charge in [0.25, 0.3) is 0 Å². The third-order valence-corrected chi connectivity index (χ3v) is 11.5. The Balaban J connectivity index is 0.820. The van der Waals surface area contributed by atoms with Gasteiger partial charge in [-0.05, 0) is 43.2 Å². The van der Waals surface area contributed by atoms with Crippen LogP contribution in [0.5, 0.6) is 0 Å². The highest BCUT2D eigenvalue weighted by Gasteiger charge is 2.60. The van der Waals surface area contributed by atoms with Crippen LogP contribution in [-0.2, 0) is 73.0 Å². The highest BCUT2D eigenvalue weighted by atomic mass is 16.6. The molecule has 1 heterocycles. The molecule has 0 spiro atoms. The van der Waals surface area contributed by atoms with Crippen LogP contribution < -0.4 is 21.3 Å². The molecule has 1 aromatic rings. The largest absolute Gasteiger partial charge is 0.379 e. The molecule has 368 valence electrons. The van der Waals surface area contributed by atoms with E-state index in [0.717, 1.165) is 18.3 Å². The fraction of sp³-hybridized carbons (Fsp3) is 0.696. The minimum atomic E-state index is -0.787. The number of rotatable bonds is 37. The van der Waals surface area contributed by atoms with E-state index < -0.39 is 11.9 Å². The molecule has 6 amide bonds. The standard InChI is InChI=1S/C46H72BN5O14/c1-32(2)43(44(56)49-31-40(55)50-36-6-4-34(30-47)5-7-36)51-39(54)9-12-59-14-16-61-18-20-63-22-24-65-26-27-66-25-23-64-21-19-62-17-15-60-13-10-48-38(53)8-11-52-45(57)41-35-28-33(3)37(29-35)42(41)46(52)58/h4-7,28,32,35,37,41-43H,8-27,29-31,47H2,1-3H3,(H,48,53)(H,49,56)(H,50,55)(H,51,54). The number of hydrogen-bond acceptors (Lipinski definition) is 14. The van der Waals surface area contributed by atoms with Crippen LogP contribution in [0.1, 0.15) is 45.6 Å². The van der Waals surface area contributed by atoms with E-state index in [1.54, 1.807) is 0 Å². The molecule has 1 saturated carbocycles. The predicted octanol–water partition coefficient (Wildman–Crippen LogP) is 0.242. The highest BCUT2D eigenvalue weighted by molar-refractivity contribution is 6.08. The summed E-state index contributed by atoms with van der Waals surface area (Å²) in [6, 6.07) is 6.71. The molecule has 1 aromatic carbocycles. The van der Waals surface area contributed by atoms with Gasteiger partial charge in [0.2, 0.25) is 35.4 Å². The molecule has 0 aromatic heterocycles. The number of nitrogens with zero attached hydrogens (tertiary/aromatic N) is 1. The third kappa shape index (κ3) is 19.1. The lowest BCUT2D eigenvalue weighted by atomic mass is 9.82. The summed E-state index contributed by atoms with van der Waals surface area (Å²) in [5.74, 6) is -1.93. The second kappa shape index (κ2) is 30.9. The summed E-state index contributed by atoms with van der Waals surface area (Å²) in [6.45, 7) is 12.0. The van der Waals surface area contributed by atoms with Crippen molar-refractivity contribution in [1.82, 2.24) is 20.9 Å². The number of allylic oxidation sites excluding steroid dienone is 2. The Morgan fingerprint density at radius 1 is 0.652 bits per heavy atom. The summed E-state index contributed by atoms with van der Waals surface area (Å²) in [5, 5.41) is 10.8. The number of nitrogens with one attached hydrogen (secondary N) is 4. The minimum Gasteiger partial charge on any atom is -0.379 e. The van der Waals surface area contributed by atoms with Gasteiger partial charge in [0.05, 0.1) is 124 Å². The maximum atomic E-state index is 12.9. The first-order valence-electron chi connectivity index (χ1n) is 23.4. The molecule has 66 heavy (non-hydrogen) atoms. The van der Waals surface area contributed by atoms with Gasteiger partial charge in [0.15, 0.2) is 0 Å². The first-order chi connectivity index (χ1) is 32.0. The Morgan fingerprint density at radius 2 is 1.15 bits per heavy atom. The van der Waals surface area contributed by atoms with Crippen molar-refractivity contribution in [2.24, 2.45) is 29.6 Å². The number of anilines is 1. The zero-order valence-electron chi connectivity index (χ0n) is 39.3. The molecule has 4 N–H and O–H groups in total. The molecular weight excluding hydrogens is 857 g/mol. The van der Waals surface area contributed by atoms with E-state index in [2.05, 4.69) is 35.2 Å². The van der Waals surface area contributed by atoms with Crippen molar-refractivity contribution in [2.75, 3.05) is 131 Å². The highest BCUT2D eigenvalue weighted by Crippen LogP contribution is 2.55. The molecule has 19 nitrogen and oxygen atoms in total. The van der Waals surface area contributed by atoms with Gasteiger partial charge < -0.3 is 59.2 Å². The van der Waals surface area contributed by atoms with Crippen LogP contribution in [0.15, 0.2) is 35.9 Å². The van der Waals surface area contributed by atoms with Gasteiger partial charge in [-0.2, -0.15) is 0 Å². The maximum absolute atomic E-state index is 12.9. The summed E-state index contributed by atoms with van der Waals surface area (Å²) in [4.78, 5) is 76.7. The van der Waals surface area contributed by atoms with Crippen molar-refractivity contribution < 1.29 is 66.7 Å². The molecule has 4 rings (SSSR count). The van der Waals surface area contributed by atoms with Crippen LogP contribution in [0.3, 0.4) is 0 Å². The Bertz CT molecular complexity index is 1700. The van der Waals surface area contributed by atoms with Gasteiger partial charge >= 0.3 is 0 Å². The average Bonchev–Trinajstić information content (AvgIpc) is 3.95. The number of benzene rings is 1. The van der Waals surface area contributed by atoms with Gasteiger partial charge in [-0.25, -0.2) is 0 Å². The van der Waals surface area contributed by atoms with Crippen LogP contribution in [0.4, 0.5) is 5.69 Å². The summed E-state index contributed by atoms with van der Waals surface area (Å²) in [7, 11) is 2.05. The molecule has 0 radical (unpaired) electrons. The fourth-order valence-corrected chi connectivity index (χ4v) is 8.01. The van der Waals surface area contributed by atoms with E-state index in [0.29, 0.717) is 111 Å². The molecule has 2 bridgehead atoms. The summed E-state index contributed by atoms with van der Waals surface area (Å²) >= 11 is 0. The van der Waals surface area contributed by atoms with Crippen molar-refractivity contribution in [3.63, 3.8) is 0 Å². The van der Waals surface area contributed by atoms with Gasteiger partial charge in [-0.3, -0.25) is 33.7 Å². The minimum absolute atomic E-state index is 0.0764. The molecule has 5 atom stereocenters. The number of likely N-dealkylation sites (tertiary alicyclic amines) is 1.